The molecule has 0 aromatic heterocycles. The zero-order valence-corrected chi connectivity index (χ0v) is 29.7. The maximum atomic E-state index is 5.41. The number of hydrogen-bond donors (Lipinski definition) is 1. The Morgan fingerprint density at radius 3 is 2.09 bits per heavy atom. The molecule has 1 aliphatic heterocycles. The van der Waals surface area contributed by atoms with Gasteiger partial charge >= 0.3 is 0 Å². The fraction of sp³-hybridized carbons (Fsp3) is 0.700. The van der Waals surface area contributed by atoms with Crippen LogP contribution in [0.3, 0.4) is 0 Å². The summed E-state index contributed by atoms with van der Waals surface area (Å²) in [5, 5.41) is 3.72. The van der Waals surface area contributed by atoms with Crippen molar-refractivity contribution < 1.29 is 4.74 Å². The summed E-state index contributed by atoms with van der Waals surface area (Å²) >= 11 is 0. The van der Waals surface area contributed by atoms with Gasteiger partial charge in [0.1, 0.15) is 0 Å². The van der Waals surface area contributed by atoms with E-state index < -0.39 is 0 Å². The van der Waals surface area contributed by atoms with Crippen LogP contribution in [0.2, 0.25) is 0 Å². The van der Waals surface area contributed by atoms with Crippen LogP contribution in [0.25, 0.3) is 0 Å². The monoisotopic (exact) mass is 595 g/mol. The summed E-state index contributed by atoms with van der Waals surface area (Å²) in [5.74, 6) is 0.839. The second-order valence-electron chi connectivity index (χ2n) is 13.4. The maximum Gasteiger partial charge on any atom is 0.0594 e. The molecule has 43 heavy (non-hydrogen) atoms. The minimum atomic E-state index is 0.839. The molecule has 3 nitrogen and oxygen atoms in total. The van der Waals surface area contributed by atoms with Crippen LogP contribution < -0.4 is 5.32 Å². The van der Waals surface area contributed by atoms with E-state index in [1.54, 1.807) is 11.1 Å². The molecule has 1 atom stereocenters. The summed E-state index contributed by atoms with van der Waals surface area (Å²) in [7, 11) is 0. The largest absolute Gasteiger partial charge is 0.379 e. The van der Waals surface area contributed by atoms with Gasteiger partial charge in [0.15, 0.2) is 0 Å². The summed E-state index contributed by atoms with van der Waals surface area (Å²) in [4.78, 5) is 2.53. The maximum absolute atomic E-state index is 5.41. The number of ether oxygens (including phenoxy) is 1. The number of rotatable bonds is 19. The number of allylic oxidation sites excluding steroid dienone is 11. The van der Waals surface area contributed by atoms with Gasteiger partial charge in [0.25, 0.3) is 0 Å². The first-order valence-corrected chi connectivity index (χ1v) is 17.6. The predicted molar refractivity (Wildman–Crippen MR) is 193 cm³/mol. The topological polar surface area (TPSA) is 24.5 Å². The van der Waals surface area contributed by atoms with E-state index in [0.717, 1.165) is 58.0 Å². The second-order valence-corrected chi connectivity index (χ2v) is 13.4. The fourth-order valence-corrected chi connectivity index (χ4v) is 5.60. The predicted octanol–water partition coefficient (Wildman–Crippen LogP) is 10.9. The molecule has 0 aromatic carbocycles. The lowest BCUT2D eigenvalue weighted by Crippen LogP contribution is -2.38. The molecule has 0 bridgehead atoms. The Kier molecular flexibility index (Phi) is 23.4. The van der Waals surface area contributed by atoms with Crippen LogP contribution in [0.5, 0.6) is 0 Å². The van der Waals surface area contributed by atoms with Crippen LogP contribution in [0, 0.1) is 5.92 Å². The fourth-order valence-electron chi connectivity index (χ4n) is 5.60. The van der Waals surface area contributed by atoms with E-state index in [1.807, 2.05) is 0 Å². The zero-order chi connectivity index (χ0) is 31.7. The van der Waals surface area contributed by atoms with Gasteiger partial charge < -0.3 is 10.1 Å². The molecule has 0 radical (unpaired) electrons. The standard InChI is InChI=1S/C25H44N2O.C15H26/c1-22(2)8-4-9-23(3)10-5-11-24-12-6-13-25(20-24)21-26-14-7-15-27-16-18-28-19-17-27;1-6-14(4)10-8-12-15(5)11-7-9-13(2)3/h8,10,12,25-26H,4-7,9,11,13-21H2,1-3H3;9,12H,4,6-8,10-11H2,1-3,5H3/b23-10+;15-12+. The van der Waals surface area contributed by atoms with E-state index >= 15 is 0 Å². The average Bonchev–Trinajstić information content (AvgIpc) is 2.97. The molecule has 1 heterocycles. The van der Waals surface area contributed by atoms with Crippen molar-refractivity contribution in [1.82, 2.24) is 10.2 Å². The summed E-state index contributed by atoms with van der Waals surface area (Å²) < 4.78 is 5.41. The number of hydrogen-bond acceptors (Lipinski definition) is 3. The van der Waals surface area contributed by atoms with E-state index in [2.05, 4.69) is 95.6 Å². The number of nitrogens with one attached hydrogen (secondary N) is 1. The van der Waals surface area contributed by atoms with Crippen LogP contribution in [-0.4, -0.2) is 50.8 Å². The van der Waals surface area contributed by atoms with Gasteiger partial charge in [-0.1, -0.05) is 77.3 Å². The summed E-state index contributed by atoms with van der Waals surface area (Å²) in [5.41, 5.74) is 8.97. The third kappa shape index (κ3) is 23.4. The molecule has 2 aliphatic rings. The molecule has 246 valence electrons. The van der Waals surface area contributed by atoms with E-state index in [1.165, 1.54) is 99.6 Å². The molecule has 0 saturated carbocycles. The highest BCUT2D eigenvalue weighted by atomic mass is 16.5. The highest BCUT2D eigenvalue weighted by molar-refractivity contribution is 5.10. The minimum absolute atomic E-state index is 0.839. The van der Waals surface area contributed by atoms with Crippen LogP contribution in [0.15, 0.2) is 70.4 Å². The Hall–Kier alpha value is -1.68. The van der Waals surface area contributed by atoms with E-state index in [0.29, 0.717) is 0 Å². The Balaban J connectivity index is 0.000000523. The first-order valence-electron chi connectivity index (χ1n) is 17.6. The first kappa shape index (κ1) is 39.3. The van der Waals surface area contributed by atoms with Crippen molar-refractivity contribution in [2.24, 2.45) is 5.92 Å². The van der Waals surface area contributed by atoms with Gasteiger partial charge in [0, 0.05) is 13.1 Å². The van der Waals surface area contributed by atoms with Crippen molar-refractivity contribution in [2.75, 3.05) is 45.9 Å². The Labute approximate surface area is 268 Å². The summed E-state index contributed by atoms with van der Waals surface area (Å²) in [6.45, 7) is 27.0. The average molecular weight is 595 g/mol. The van der Waals surface area contributed by atoms with Gasteiger partial charge in [-0.3, -0.25) is 4.90 Å². The lowest BCUT2D eigenvalue weighted by molar-refractivity contribution is 0.0374. The molecule has 0 amide bonds. The third-order valence-electron chi connectivity index (χ3n) is 8.55. The van der Waals surface area contributed by atoms with Gasteiger partial charge in [-0.25, -0.2) is 0 Å². The van der Waals surface area contributed by atoms with Gasteiger partial charge in [-0.05, 0) is 151 Å². The molecule has 1 unspecified atom stereocenters. The van der Waals surface area contributed by atoms with Crippen LogP contribution in [0.1, 0.15) is 132 Å². The van der Waals surface area contributed by atoms with Crippen LogP contribution >= 0.6 is 0 Å². The number of morpholine rings is 1. The van der Waals surface area contributed by atoms with Crippen molar-refractivity contribution in [2.45, 2.75) is 132 Å². The molecule has 1 N–H and O–H groups in total. The molecule has 3 heteroatoms. The van der Waals surface area contributed by atoms with E-state index in [4.69, 9.17) is 4.74 Å². The first-order chi connectivity index (χ1) is 20.7. The molecule has 2 rings (SSSR count). The molecule has 0 spiro atoms. The zero-order valence-electron chi connectivity index (χ0n) is 29.7. The summed E-state index contributed by atoms with van der Waals surface area (Å²) in [6, 6.07) is 0. The van der Waals surface area contributed by atoms with Crippen molar-refractivity contribution in [1.29, 1.82) is 0 Å². The van der Waals surface area contributed by atoms with E-state index in [9.17, 15) is 0 Å². The lowest BCUT2D eigenvalue weighted by Gasteiger charge is -2.27. The van der Waals surface area contributed by atoms with Crippen molar-refractivity contribution in [3.8, 4) is 0 Å². The van der Waals surface area contributed by atoms with Gasteiger partial charge in [0.2, 0.25) is 0 Å². The molecule has 0 aromatic rings. The van der Waals surface area contributed by atoms with Crippen LogP contribution in [0.4, 0.5) is 0 Å². The van der Waals surface area contributed by atoms with E-state index in [-0.39, 0.29) is 0 Å². The van der Waals surface area contributed by atoms with Crippen molar-refractivity contribution in [3.05, 3.63) is 70.4 Å². The highest BCUT2D eigenvalue weighted by Crippen LogP contribution is 2.27. The van der Waals surface area contributed by atoms with Gasteiger partial charge in [-0.2, -0.15) is 0 Å². The van der Waals surface area contributed by atoms with Crippen molar-refractivity contribution >= 4 is 0 Å². The molecular formula is C40H70N2O. The quantitative estimate of drug-likeness (QED) is 0.119. The third-order valence-corrected chi connectivity index (χ3v) is 8.55. The Morgan fingerprint density at radius 1 is 0.884 bits per heavy atom. The molecule has 1 fully saturated rings. The van der Waals surface area contributed by atoms with Crippen molar-refractivity contribution in [3.63, 3.8) is 0 Å². The molecular weight excluding hydrogens is 524 g/mol. The second kappa shape index (κ2) is 25.6. The minimum Gasteiger partial charge on any atom is -0.379 e. The molecule has 1 saturated heterocycles. The van der Waals surface area contributed by atoms with Crippen LogP contribution in [-0.2, 0) is 4.74 Å². The Bertz CT molecular complexity index is 889. The highest BCUT2D eigenvalue weighted by Gasteiger charge is 2.15. The smallest absolute Gasteiger partial charge is 0.0594 e. The van der Waals surface area contributed by atoms with Gasteiger partial charge in [-0.15, -0.1) is 0 Å². The Morgan fingerprint density at radius 2 is 1.49 bits per heavy atom. The number of nitrogens with zero attached hydrogens (tertiary/aromatic N) is 1. The summed E-state index contributed by atoms with van der Waals surface area (Å²) in [6.07, 6.45) is 27.9. The normalized spacial score (nSPS) is 17.9. The molecule has 1 aliphatic carbocycles. The van der Waals surface area contributed by atoms with Gasteiger partial charge in [0.05, 0.1) is 13.2 Å². The lowest BCUT2D eigenvalue weighted by atomic mass is 9.86. The SMILES string of the molecule is C=C(CC)CC/C=C(\C)CCC=C(C)C.CC(C)=CCC/C(C)=C/CCC1=CCCC(CNCCCN2CCOCC2)C1.